The fourth-order valence-electron chi connectivity index (χ4n) is 2.37. The number of rotatable bonds is 6. The second kappa shape index (κ2) is 8.08. The van der Waals surface area contributed by atoms with Crippen molar-refractivity contribution >= 4 is 29.2 Å². The Balaban J connectivity index is 2.15. The van der Waals surface area contributed by atoms with E-state index in [0.29, 0.717) is 18.8 Å². The van der Waals surface area contributed by atoms with Gasteiger partial charge in [0.05, 0.1) is 19.6 Å². The number of benzene rings is 1. The molecule has 0 spiro atoms. The minimum absolute atomic E-state index is 0.123. The number of methoxy groups -OCH3 is 1. The largest absolute Gasteiger partial charge is 0.497 e. The maximum atomic E-state index is 12.2. The molecule has 1 aromatic carbocycles. The lowest BCUT2D eigenvalue weighted by Crippen LogP contribution is -2.44. The van der Waals surface area contributed by atoms with Gasteiger partial charge in [-0.3, -0.25) is 4.79 Å². The van der Waals surface area contributed by atoms with Crippen LogP contribution in [0.1, 0.15) is 13.3 Å². The number of ketones is 1. The van der Waals surface area contributed by atoms with Crippen molar-refractivity contribution in [3.05, 3.63) is 24.3 Å². The van der Waals surface area contributed by atoms with Gasteiger partial charge in [-0.1, -0.05) is 0 Å². The Morgan fingerprint density at radius 1 is 1.41 bits per heavy atom. The highest BCUT2D eigenvalue weighted by molar-refractivity contribution is 7.99. The summed E-state index contributed by atoms with van der Waals surface area (Å²) in [6.45, 7) is 2.06. The first kappa shape index (κ1) is 16.7. The summed E-state index contributed by atoms with van der Waals surface area (Å²) in [4.78, 5) is 24.4. The zero-order valence-corrected chi connectivity index (χ0v) is 13.7. The Morgan fingerprint density at radius 3 is 2.73 bits per heavy atom. The lowest BCUT2D eigenvalue weighted by atomic mass is 9.94. The van der Waals surface area contributed by atoms with Crippen molar-refractivity contribution in [1.82, 2.24) is 0 Å². The van der Waals surface area contributed by atoms with Gasteiger partial charge < -0.3 is 14.8 Å². The fraction of sp³-hybridized carbons (Fsp3) is 0.500. The van der Waals surface area contributed by atoms with Crippen molar-refractivity contribution < 1.29 is 19.1 Å². The van der Waals surface area contributed by atoms with Crippen LogP contribution in [0.25, 0.3) is 0 Å². The zero-order valence-electron chi connectivity index (χ0n) is 12.8. The fourth-order valence-corrected chi connectivity index (χ4v) is 3.51. The number of esters is 1. The third kappa shape index (κ3) is 4.16. The molecule has 1 aromatic rings. The highest BCUT2D eigenvalue weighted by Crippen LogP contribution is 2.26. The maximum absolute atomic E-state index is 12.2. The maximum Gasteiger partial charge on any atom is 0.329 e. The van der Waals surface area contributed by atoms with E-state index in [9.17, 15) is 9.59 Å². The Hall–Kier alpha value is -1.69. The monoisotopic (exact) mass is 323 g/mol. The lowest BCUT2D eigenvalue weighted by molar-refractivity contribution is -0.147. The number of carbonyl (C=O) groups excluding carboxylic acids is 2. The summed E-state index contributed by atoms with van der Waals surface area (Å²) in [5, 5.41) is 3.15. The molecule has 1 N–H and O–H groups in total. The van der Waals surface area contributed by atoms with Gasteiger partial charge in [0.25, 0.3) is 0 Å². The van der Waals surface area contributed by atoms with Crippen LogP contribution in [0.3, 0.4) is 0 Å². The van der Waals surface area contributed by atoms with Crippen LogP contribution in [0, 0.1) is 5.92 Å². The summed E-state index contributed by atoms with van der Waals surface area (Å²) in [7, 11) is 1.60. The zero-order chi connectivity index (χ0) is 15.9. The van der Waals surface area contributed by atoms with Crippen molar-refractivity contribution in [3.63, 3.8) is 0 Å². The number of hydrogen-bond donors (Lipinski definition) is 1. The minimum Gasteiger partial charge on any atom is -0.497 e. The molecule has 2 atom stereocenters. The summed E-state index contributed by atoms with van der Waals surface area (Å²) in [6.07, 6.45) is 0.509. The van der Waals surface area contributed by atoms with E-state index in [0.717, 1.165) is 17.2 Å². The van der Waals surface area contributed by atoms with E-state index in [-0.39, 0.29) is 17.7 Å². The number of Topliss-reactive ketones (excluding diaryl/α,β-unsaturated/α-hetero) is 1. The van der Waals surface area contributed by atoms with Gasteiger partial charge in [-0.2, -0.15) is 11.8 Å². The van der Waals surface area contributed by atoms with E-state index in [4.69, 9.17) is 9.47 Å². The Labute approximate surface area is 134 Å². The van der Waals surface area contributed by atoms with Gasteiger partial charge in [0.2, 0.25) is 0 Å². The van der Waals surface area contributed by atoms with Crippen molar-refractivity contribution in [2.24, 2.45) is 5.92 Å². The number of hydrogen-bond acceptors (Lipinski definition) is 6. The molecule has 0 amide bonds. The van der Waals surface area contributed by atoms with Crippen LogP contribution in [-0.4, -0.2) is 43.0 Å². The quantitative estimate of drug-likeness (QED) is 0.811. The molecule has 0 aromatic heterocycles. The van der Waals surface area contributed by atoms with Gasteiger partial charge in [0.15, 0.2) is 0 Å². The summed E-state index contributed by atoms with van der Waals surface area (Å²) < 4.78 is 10.3. The van der Waals surface area contributed by atoms with Crippen molar-refractivity contribution in [2.75, 3.05) is 30.5 Å². The van der Waals surface area contributed by atoms with Gasteiger partial charge in [-0.15, -0.1) is 0 Å². The van der Waals surface area contributed by atoms with E-state index in [1.165, 1.54) is 0 Å². The predicted octanol–water partition coefficient (Wildman–Crippen LogP) is 2.36. The summed E-state index contributed by atoms with van der Waals surface area (Å²) in [5.74, 6) is 1.61. The highest BCUT2D eigenvalue weighted by Gasteiger charge is 2.36. The molecule has 2 rings (SSSR count). The molecule has 5 nitrogen and oxygen atoms in total. The van der Waals surface area contributed by atoms with Crippen molar-refractivity contribution in [2.45, 2.75) is 19.4 Å². The number of thioether (sulfide) groups is 1. The van der Waals surface area contributed by atoms with Crippen molar-refractivity contribution in [3.8, 4) is 5.75 Å². The summed E-state index contributed by atoms with van der Waals surface area (Å²) in [6, 6.07) is 6.62. The van der Waals surface area contributed by atoms with Crippen LogP contribution in [0.4, 0.5) is 5.69 Å². The second-order valence-electron chi connectivity index (χ2n) is 5.00. The van der Waals surface area contributed by atoms with Crippen LogP contribution in [-0.2, 0) is 14.3 Å². The summed E-state index contributed by atoms with van der Waals surface area (Å²) in [5.41, 5.74) is 0.766. The molecule has 1 fully saturated rings. The van der Waals surface area contributed by atoms with Gasteiger partial charge in [-0.25, -0.2) is 4.79 Å². The van der Waals surface area contributed by atoms with Crippen LogP contribution < -0.4 is 10.1 Å². The summed E-state index contributed by atoms with van der Waals surface area (Å²) >= 11 is 1.70. The molecule has 1 unspecified atom stereocenters. The van der Waals surface area contributed by atoms with Gasteiger partial charge in [0, 0.05) is 23.6 Å². The molecule has 0 radical (unpaired) electrons. The van der Waals surface area contributed by atoms with E-state index >= 15 is 0 Å². The predicted molar refractivity (Wildman–Crippen MR) is 87.5 cm³/mol. The SMILES string of the molecule is CCOC(=O)C(Nc1ccc(OC)cc1)[C@H]1CSCCC1=O. The first-order valence-corrected chi connectivity index (χ1v) is 8.49. The van der Waals surface area contributed by atoms with Gasteiger partial charge in [0.1, 0.15) is 17.6 Å². The molecular formula is C16H21NO4S. The van der Waals surface area contributed by atoms with Gasteiger partial charge >= 0.3 is 5.97 Å². The molecular weight excluding hydrogens is 302 g/mol. The second-order valence-corrected chi connectivity index (χ2v) is 6.15. The average Bonchev–Trinajstić information content (AvgIpc) is 2.54. The number of carbonyl (C=O) groups is 2. The first-order valence-electron chi connectivity index (χ1n) is 7.33. The standard InChI is InChI=1S/C16H21NO4S/c1-3-21-16(19)15(13-10-22-9-8-14(13)18)17-11-4-6-12(20-2)7-5-11/h4-7,13,15,17H,3,8-10H2,1-2H3/t13-,15?/m0/s1. The molecule has 1 aliphatic rings. The van der Waals surface area contributed by atoms with Crippen LogP contribution in [0.5, 0.6) is 5.75 Å². The minimum atomic E-state index is -0.645. The molecule has 0 aliphatic carbocycles. The van der Waals surface area contributed by atoms with Crippen molar-refractivity contribution in [1.29, 1.82) is 0 Å². The smallest absolute Gasteiger partial charge is 0.329 e. The molecule has 1 saturated heterocycles. The Bertz CT molecular complexity index is 517. The molecule has 1 aliphatic heterocycles. The van der Waals surface area contributed by atoms with E-state index in [2.05, 4.69) is 5.32 Å². The third-order valence-corrected chi connectivity index (χ3v) is 4.65. The topological polar surface area (TPSA) is 64.6 Å². The van der Waals surface area contributed by atoms with E-state index in [1.54, 1.807) is 25.8 Å². The number of nitrogens with one attached hydrogen (secondary N) is 1. The molecule has 120 valence electrons. The van der Waals surface area contributed by atoms with Crippen LogP contribution in [0.2, 0.25) is 0 Å². The third-order valence-electron chi connectivity index (χ3n) is 3.56. The number of ether oxygens (including phenoxy) is 2. The average molecular weight is 323 g/mol. The normalized spacial score (nSPS) is 19.4. The molecule has 1 heterocycles. The Morgan fingerprint density at radius 2 is 2.14 bits per heavy atom. The van der Waals surface area contributed by atoms with E-state index in [1.807, 2.05) is 24.3 Å². The molecule has 22 heavy (non-hydrogen) atoms. The lowest BCUT2D eigenvalue weighted by Gasteiger charge is -2.28. The molecule has 0 saturated carbocycles. The molecule has 0 bridgehead atoms. The van der Waals surface area contributed by atoms with Gasteiger partial charge in [-0.05, 0) is 31.2 Å². The highest BCUT2D eigenvalue weighted by atomic mass is 32.2. The number of anilines is 1. The van der Waals surface area contributed by atoms with E-state index < -0.39 is 6.04 Å². The Kier molecular flexibility index (Phi) is 6.12. The molecule has 6 heteroatoms. The van der Waals surface area contributed by atoms with Crippen LogP contribution >= 0.6 is 11.8 Å². The first-order chi connectivity index (χ1) is 10.7. The van der Waals surface area contributed by atoms with Crippen LogP contribution in [0.15, 0.2) is 24.3 Å².